The fourth-order valence-electron chi connectivity index (χ4n) is 5.31. The lowest BCUT2D eigenvalue weighted by atomic mass is 9.80. The zero-order chi connectivity index (χ0) is 26.0. The Morgan fingerprint density at radius 1 is 1.05 bits per heavy atom. The number of hydrogen-bond acceptors (Lipinski definition) is 6. The van der Waals surface area contributed by atoms with Gasteiger partial charge in [-0.15, -0.1) is 0 Å². The number of benzene rings is 2. The van der Waals surface area contributed by atoms with Crippen molar-refractivity contribution >= 4 is 51.1 Å². The third kappa shape index (κ3) is 5.38. The van der Waals surface area contributed by atoms with Gasteiger partial charge in [-0.3, -0.25) is 14.4 Å². The molecule has 9 heteroatoms. The monoisotopic (exact) mass is 521 g/mol. The van der Waals surface area contributed by atoms with E-state index in [1.165, 1.54) is 0 Å². The predicted molar refractivity (Wildman–Crippen MR) is 143 cm³/mol. The first-order valence-corrected chi connectivity index (χ1v) is 14.3. The topological polar surface area (TPSA) is 115 Å². The highest BCUT2D eigenvalue weighted by Crippen LogP contribution is 2.33. The Bertz CT molecular complexity index is 1300. The van der Waals surface area contributed by atoms with Crippen molar-refractivity contribution in [3.63, 3.8) is 0 Å². The molecule has 37 heavy (non-hydrogen) atoms. The first-order chi connectivity index (χ1) is 17.8. The van der Waals surface area contributed by atoms with Crippen LogP contribution in [0.25, 0.3) is 11.0 Å². The number of Topliss-reactive ketones (excluding diaryl/α,β-unsaturated/α-hetero) is 1. The van der Waals surface area contributed by atoms with E-state index in [0.717, 1.165) is 43.3 Å². The third-order valence-electron chi connectivity index (χ3n) is 7.26. The summed E-state index contributed by atoms with van der Waals surface area (Å²) in [6.07, 6.45) is 6.60. The van der Waals surface area contributed by atoms with Crippen LogP contribution >= 0.6 is 0 Å². The molecule has 1 saturated heterocycles. The van der Waals surface area contributed by atoms with Crippen molar-refractivity contribution < 1.29 is 23.4 Å². The number of nitrogens with one attached hydrogen (secondary N) is 2. The molecule has 194 valence electrons. The first-order valence-electron chi connectivity index (χ1n) is 12.7. The van der Waals surface area contributed by atoms with Gasteiger partial charge in [-0.2, -0.15) is 0 Å². The highest BCUT2D eigenvalue weighted by Gasteiger charge is 2.41. The van der Waals surface area contributed by atoms with E-state index in [4.69, 9.17) is 4.42 Å². The van der Waals surface area contributed by atoms with Crippen molar-refractivity contribution in [2.24, 2.45) is 0 Å². The van der Waals surface area contributed by atoms with Gasteiger partial charge in [-0.25, -0.2) is 0 Å². The van der Waals surface area contributed by atoms with Crippen LogP contribution in [0.4, 0.5) is 11.4 Å². The Morgan fingerprint density at radius 3 is 2.57 bits per heavy atom. The fraction of sp³-hybridized carbons (Fsp3) is 0.393. The maximum Gasteiger partial charge on any atom is 0.287 e. The van der Waals surface area contributed by atoms with Crippen LogP contribution in [0.3, 0.4) is 0 Å². The van der Waals surface area contributed by atoms with Crippen molar-refractivity contribution in [2.75, 3.05) is 29.6 Å². The largest absolute Gasteiger partial charge is 0.612 e. The fourth-order valence-corrected chi connectivity index (χ4v) is 6.10. The van der Waals surface area contributed by atoms with E-state index < -0.39 is 22.6 Å². The van der Waals surface area contributed by atoms with Gasteiger partial charge in [0.1, 0.15) is 17.4 Å². The molecule has 2 heterocycles. The Kier molecular flexibility index (Phi) is 7.26. The van der Waals surface area contributed by atoms with Crippen LogP contribution in [0.2, 0.25) is 0 Å². The highest BCUT2D eigenvalue weighted by molar-refractivity contribution is 7.90. The lowest BCUT2D eigenvalue weighted by Crippen LogP contribution is -2.57. The number of carbonyl (C=O) groups excluding carboxylic acids is 3. The van der Waals surface area contributed by atoms with Crippen LogP contribution in [-0.2, 0) is 20.8 Å². The lowest BCUT2D eigenvalue weighted by Gasteiger charge is -2.36. The maximum absolute atomic E-state index is 13.7. The molecule has 2 amide bonds. The molecule has 0 radical (unpaired) electrons. The lowest BCUT2D eigenvalue weighted by molar-refractivity contribution is -0.123. The Labute approximate surface area is 219 Å². The summed E-state index contributed by atoms with van der Waals surface area (Å²) in [6.45, 7) is 1.02. The van der Waals surface area contributed by atoms with E-state index in [9.17, 15) is 18.9 Å². The highest BCUT2D eigenvalue weighted by atomic mass is 32.2. The van der Waals surface area contributed by atoms with Crippen molar-refractivity contribution in [2.45, 2.75) is 55.4 Å². The zero-order valence-corrected chi connectivity index (χ0v) is 21.7. The standard InChI is InChI=1S/C28H31N3O5S/c1-37(35)25-17-20(11-12-22(25)31-15-7-9-21(32)18-31)29-27(34)28(13-5-2-6-14-28)30-26(33)24-16-19-8-3-4-10-23(19)36-24/h3-4,8,10-12,16-17H,2,5-7,9,13-15,18H2,1H3,(H,29,34)(H,30,33). The average Bonchev–Trinajstić information content (AvgIpc) is 3.34. The van der Waals surface area contributed by atoms with Crippen LogP contribution in [-0.4, -0.2) is 47.0 Å². The third-order valence-corrected chi connectivity index (χ3v) is 8.21. The Hall–Kier alpha value is -3.30. The molecule has 2 aliphatic rings. The van der Waals surface area contributed by atoms with Gasteiger partial charge in [0.05, 0.1) is 12.2 Å². The molecule has 2 N–H and O–H groups in total. The molecule has 8 nitrogen and oxygen atoms in total. The van der Waals surface area contributed by atoms with E-state index >= 15 is 0 Å². The number of carbonyl (C=O) groups is 3. The van der Waals surface area contributed by atoms with Crippen LogP contribution in [0.1, 0.15) is 55.5 Å². The van der Waals surface area contributed by atoms with Gasteiger partial charge in [0, 0.05) is 30.1 Å². The molecule has 1 aliphatic carbocycles. The van der Waals surface area contributed by atoms with Gasteiger partial charge < -0.3 is 24.5 Å². The molecule has 2 fully saturated rings. The second kappa shape index (κ2) is 10.6. The summed E-state index contributed by atoms with van der Waals surface area (Å²) in [5.41, 5.74) is 0.797. The van der Waals surface area contributed by atoms with E-state index in [0.29, 0.717) is 42.0 Å². The Morgan fingerprint density at radius 2 is 1.84 bits per heavy atom. The number of nitrogens with zero attached hydrogens (tertiary/aromatic N) is 1. The smallest absolute Gasteiger partial charge is 0.287 e. The molecule has 2 aromatic carbocycles. The predicted octanol–water partition coefficient (Wildman–Crippen LogP) is 4.41. The van der Waals surface area contributed by atoms with Crippen LogP contribution in [0.5, 0.6) is 0 Å². The molecular weight excluding hydrogens is 490 g/mol. The molecule has 0 bridgehead atoms. The van der Waals surface area contributed by atoms with Crippen molar-refractivity contribution in [1.29, 1.82) is 0 Å². The molecule has 1 saturated carbocycles. The van der Waals surface area contributed by atoms with Crippen LogP contribution in [0, 0.1) is 0 Å². The van der Waals surface area contributed by atoms with E-state index in [1.807, 2.05) is 29.2 Å². The summed E-state index contributed by atoms with van der Waals surface area (Å²) in [6, 6.07) is 14.4. The van der Waals surface area contributed by atoms with Gasteiger partial charge in [0.25, 0.3) is 5.91 Å². The van der Waals surface area contributed by atoms with E-state index in [2.05, 4.69) is 10.6 Å². The average molecular weight is 522 g/mol. The molecule has 1 aliphatic heterocycles. The second-order valence-electron chi connectivity index (χ2n) is 9.90. The van der Waals surface area contributed by atoms with Gasteiger partial charge in [-0.1, -0.05) is 37.5 Å². The number of ketones is 1. The SMILES string of the molecule is C[S+]([O-])c1cc(NC(=O)C2(NC(=O)c3cc4ccccc4o3)CCCCC2)ccc1N1CCCC(=O)C1. The van der Waals surface area contributed by atoms with Crippen molar-refractivity contribution in [3.8, 4) is 0 Å². The number of anilines is 2. The summed E-state index contributed by atoms with van der Waals surface area (Å²) in [5.74, 6) is -0.391. The van der Waals surface area contributed by atoms with Crippen LogP contribution in [0.15, 0.2) is 57.8 Å². The normalized spacial score (nSPS) is 18.4. The number of amides is 2. The first kappa shape index (κ1) is 25.4. The zero-order valence-electron chi connectivity index (χ0n) is 20.9. The summed E-state index contributed by atoms with van der Waals surface area (Å²) in [5, 5.41) is 6.77. The maximum atomic E-state index is 13.7. The number of hydrogen-bond donors (Lipinski definition) is 2. The summed E-state index contributed by atoms with van der Waals surface area (Å²) < 4.78 is 18.3. The summed E-state index contributed by atoms with van der Waals surface area (Å²) >= 11 is -1.32. The minimum atomic E-state index is -1.32. The number of fused-ring (bicyclic) bond motifs is 1. The number of para-hydroxylation sites is 1. The molecule has 0 spiro atoms. The van der Waals surface area contributed by atoms with Crippen molar-refractivity contribution in [3.05, 3.63) is 54.3 Å². The number of rotatable bonds is 6. The van der Waals surface area contributed by atoms with Gasteiger partial charge >= 0.3 is 0 Å². The minimum Gasteiger partial charge on any atom is -0.612 e. The molecule has 3 aromatic rings. The molecule has 1 atom stereocenters. The minimum absolute atomic E-state index is 0.163. The molecule has 1 unspecified atom stereocenters. The molecule has 5 rings (SSSR count). The molecule has 1 aromatic heterocycles. The molecular formula is C28H31N3O5S. The quantitative estimate of drug-likeness (QED) is 0.465. The second-order valence-corrected chi connectivity index (χ2v) is 11.2. The van der Waals surface area contributed by atoms with E-state index in [-0.39, 0.29) is 17.5 Å². The summed E-state index contributed by atoms with van der Waals surface area (Å²) in [4.78, 5) is 41.3. The van der Waals surface area contributed by atoms with Gasteiger partial charge in [-0.05, 0) is 54.7 Å². The Balaban J connectivity index is 1.37. The number of piperidine rings is 1. The van der Waals surface area contributed by atoms with Gasteiger partial charge in [0.15, 0.2) is 16.4 Å². The van der Waals surface area contributed by atoms with Gasteiger partial charge in [0.2, 0.25) is 5.91 Å². The summed E-state index contributed by atoms with van der Waals surface area (Å²) in [7, 11) is 0. The van der Waals surface area contributed by atoms with Crippen LogP contribution < -0.4 is 15.5 Å². The van der Waals surface area contributed by atoms with Crippen molar-refractivity contribution in [1.82, 2.24) is 5.32 Å². The van der Waals surface area contributed by atoms with E-state index in [1.54, 1.807) is 30.5 Å². The number of furan rings is 1.